The maximum atomic E-state index is 13.1. The van der Waals surface area contributed by atoms with Crippen LogP contribution in [0.5, 0.6) is 0 Å². The van der Waals surface area contributed by atoms with Gasteiger partial charge in [0.1, 0.15) is 22.3 Å². The fourth-order valence-corrected chi connectivity index (χ4v) is 5.25. The number of thiophene rings is 1. The third-order valence-electron chi connectivity index (χ3n) is 5.66. The first-order chi connectivity index (χ1) is 16.6. The van der Waals surface area contributed by atoms with Crippen molar-refractivity contribution < 1.29 is 18.6 Å². The van der Waals surface area contributed by atoms with Gasteiger partial charge in [0.25, 0.3) is 11.6 Å². The minimum Gasteiger partial charge on any atom is -0.467 e. The van der Waals surface area contributed by atoms with Gasteiger partial charge in [0.05, 0.1) is 29.5 Å². The summed E-state index contributed by atoms with van der Waals surface area (Å²) in [5.74, 6) is 1.52. The van der Waals surface area contributed by atoms with Gasteiger partial charge in [-0.25, -0.2) is 4.99 Å². The highest BCUT2D eigenvalue weighted by Crippen LogP contribution is 2.40. The number of furan rings is 2. The van der Waals surface area contributed by atoms with Crippen molar-refractivity contribution in [3.8, 4) is 11.3 Å². The summed E-state index contributed by atoms with van der Waals surface area (Å²) >= 11 is 1.54. The minimum atomic E-state index is -0.439. The predicted molar refractivity (Wildman–Crippen MR) is 129 cm³/mol. The number of aryl methyl sites for hydroxylation is 1. The van der Waals surface area contributed by atoms with Crippen molar-refractivity contribution in [2.45, 2.75) is 32.2 Å². The number of non-ortho nitro benzene ring substituents is 1. The van der Waals surface area contributed by atoms with E-state index in [4.69, 9.17) is 8.83 Å². The standard InChI is InChI=1S/C25H21N3O5S/c29-24(26-14-18-7-4-12-32-18)23-20-8-1-2-9-22(20)34-25(23)27-15-19-10-11-21(33-19)16-5-3-6-17(13-16)28(30)31/h3-7,10-13,15H,1-2,8-9,14H2,(H,26,29). The number of carbonyl (C=O) groups excluding carboxylic acids is 1. The van der Waals surface area contributed by atoms with Crippen LogP contribution in [0, 0.1) is 10.1 Å². The number of amides is 1. The Kier molecular flexibility index (Phi) is 6.09. The van der Waals surface area contributed by atoms with Gasteiger partial charge in [-0.05, 0) is 55.5 Å². The molecule has 1 N–H and O–H groups in total. The summed E-state index contributed by atoms with van der Waals surface area (Å²) in [5, 5.41) is 14.6. The zero-order valence-electron chi connectivity index (χ0n) is 18.2. The molecule has 0 unspecified atom stereocenters. The molecule has 1 aliphatic carbocycles. The molecule has 0 saturated carbocycles. The van der Waals surface area contributed by atoms with Gasteiger partial charge in [0, 0.05) is 22.6 Å². The molecule has 4 aromatic rings. The minimum absolute atomic E-state index is 0.00140. The van der Waals surface area contributed by atoms with Crippen molar-refractivity contribution >= 4 is 34.1 Å². The van der Waals surface area contributed by atoms with Gasteiger partial charge in [-0.15, -0.1) is 11.3 Å². The Balaban J connectivity index is 1.39. The van der Waals surface area contributed by atoms with Crippen molar-refractivity contribution in [3.05, 3.63) is 92.4 Å². The van der Waals surface area contributed by atoms with E-state index >= 15 is 0 Å². The zero-order chi connectivity index (χ0) is 23.5. The molecule has 0 saturated heterocycles. The summed E-state index contributed by atoms with van der Waals surface area (Å²) in [7, 11) is 0. The predicted octanol–water partition coefficient (Wildman–Crippen LogP) is 6.07. The molecular formula is C25H21N3O5S. The molecule has 0 spiro atoms. The van der Waals surface area contributed by atoms with Crippen LogP contribution in [0.4, 0.5) is 10.7 Å². The molecule has 8 nitrogen and oxygen atoms in total. The molecule has 1 aromatic carbocycles. The SMILES string of the molecule is O=C(NCc1ccco1)c1c(N=Cc2ccc(-c3cccc([N+](=O)[O-])c3)o2)sc2c1CCCC2. The first-order valence-corrected chi connectivity index (χ1v) is 11.7. The van der Waals surface area contributed by atoms with Crippen molar-refractivity contribution in [2.24, 2.45) is 4.99 Å². The number of carbonyl (C=O) groups is 1. The van der Waals surface area contributed by atoms with E-state index in [1.807, 2.05) is 6.07 Å². The molecule has 0 radical (unpaired) electrons. The summed E-state index contributed by atoms with van der Waals surface area (Å²) in [6.07, 6.45) is 7.13. The highest BCUT2D eigenvalue weighted by molar-refractivity contribution is 7.16. The normalized spacial score (nSPS) is 13.2. The van der Waals surface area contributed by atoms with E-state index in [0.717, 1.165) is 31.2 Å². The van der Waals surface area contributed by atoms with Crippen LogP contribution in [0.15, 0.2) is 68.6 Å². The van der Waals surface area contributed by atoms with E-state index in [0.29, 0.717) is 40.0 Å². The number of nitro benzene ring substituents is 1. The lowest BCUT2D eigenvalue weighted by Gasteiger charge is -2.12. The molecule has 3 heterocycles. The van der Waals surface area contributed by atoms with Crippen LogP contribution in [0.2, 0.25) is 0 Å². The Hall–Kier alpha value is -3.98. The lowest BCUT2D eigenvalue weighted by molar-refractivity contribution is -0.384. The zero-order valence-corrected chi connectivity index (χ0v) is 19.0. The van der Waals surface area contributed by atoms with Crippen LogP contribution in [-0.4, -0.2) is 17.0 Å². The van der Waals surface area contributed by atoms with E-state index in [1.54, 1.807) is 54.1 Å². The lowest BCUT2D eigenvalue weighted by Crippen LogP contribution is -2.23. The molecule has 34 heavy (non-hydrogen) atoms. The van der Waals surface area contributed by atoms with Crippen LogP contribution in [0.1, 0.15) is 45.2 Å². The van der Waals surface area contributed by atoms with Crippen LogP contribution in [0.3, 0.4) is 0 Å². The number of rotatable bonds is 7. The van der Waals surface area contributed by atoms with E-state index in [1.165, 1.54) is 17.0 Å². The summed E-state index contributed by atoms with van der Waals surface area (Å²) < 4.78 is 11.2. The number of nitrogens with zero attached hydrogens (tertiary/aromatic N) is 2. The van der Waals surface area contributed by atoms with Crippen molar-refractivity contribution in [1.29, 1.82) is 0 Å². The number of hydrogen-bond acceptors (Lipinski definition) is 7. The fraction of sp³-hybridized carbons (Fsp3) is 0.200. The summed E-state index contributed by atoms with van der Waals surface area (Å²) in [6.45, 7) is 0.310. The van der Waals surface area contributed by atoms with Gasteiger partial charge in [-0.2, -0.15) is 0 Å². The van der Waals surface area contributed by atoms with Crippen molar-refractivity contribution in [1.82, 2.24) is 5.32 Å². The number of nitro groups is 1. The first kappa shape index (κ1) is 21.8. The van der Waals surface area contributed by atoms with Crippen LogP contribution < -0.4 is 5.32 Å². The Bertz CT molecular complexity index is 1370. The van der Waals surface area contributed by atoms with Crippen LogP contribution in [0.25, 0.3) is 11.3 Å². The quantitative estimate of drug-likeness (QED) is 0.198. The Morgan fingerprint density at radius 3 is 2.88 bits per heavy atom. The highest BCUT2D eigenvalue weighted by Gasteiger charge is 2.25. The largest absolute Gasteiger partial charge is 0.467 e. The molecular weight excluding hydrogens is 454 g/mol. The van der Waals surface area contributed by atoms with Gasteiger partial charge in [0.15, 0.2) is 0 Å². The first-order valence-electron chi connectivity index (χ1n) is 10.9. The van der Waals surface area contributed by atoms with Crippen LogP contribution in [-0.2, 0) is 19.4 Å². The second-order valence-electron chi connectivity index (χ2n) is 7.92. The molecule has 0 fully saturated rings. The molecule has 172 valence electrons. The fourth-order valence-electron chi connectivity index (χ4n) is 4.02. The molecule has 1 aliphatic rings. The molecule has 3 aromatic heterocycles. The number of benzene rings is 1. The van der Waals surface area contributed by atoms with Crippen molar-refractivity contribution in [2.75, 3.05) is 0 Å². The number of nitrogens with one attached hydrogen (secondary N) is 1. The molecule has 0 atom stereocenters. The van der Waals surface area contributed by atoms with Gasteiger partial charge in [0.2, 0.25) is 0 Å². The highest BCUT2D eigenvalue weighted by atomic mass is 32.1. The average Bonchev–Trinajstić information content (AvgIpc) is 3.61. The van der Waals surface area contributed by atoms with Gasteiger partial charge < -0.3 is 14.2 Å². The Morgan fingerprint density at radius 1 is 1.18 bits per heavy atom. The topological polar surface area (TPSA) is 111 Å². The maximum Gasteiger partial charge on any atom is 0.270 e. The van der Waals surface area contributed by atoms with E-state index < -0.39 is 4.92 Å². The second-order valence-corrected chi connectivity index (χ2v) is 9.00. The third-order valence-corrected chi connectivity index (χ3v) is 6.86. The lowest BCUT2D eigenvalue weighted by atomic mass is 9.95. The number of fused-ring (bicyclic) bond motifs is 1. The van der Waals surface area contributed by atoms with E-state index in [9.17, 15) is 14.9 Å². The number of aliphatic imine (C=N–C) groups is 1. The summed E-state index contributed by atoms with van der Waals surface area (Å²) in [5.41, 5.74) is 2.31. The molecule has 0 aliphatic heterocycles. The smallest absolute Gasteiger partial charge is 0.270 e. The summed E-state index contributed by atoms with van der Waals surface area (Å²) in [6, 6.07) is 13.4. The monoisotopic (exact) mass is 475 g/mol. The van der Waals surface area contributed by atoms with Crippen molar-refractivity contribution in [3.63, 3.8) is 0 Å². The van der Waals surface area contributed by atoms with E-state index in [-0.39, 0.29) is 11.6 Å². The summed E-state index contributed by atoms with van der Waals surface area (Å²) in [4.78, 5) is 29.5. The molecule has 1 amide bonds. The second kappa shape index (κ2) is 9.48. The van der Waals surface area contributed by atoms with Gasteiger partial charge in [-0.1, -0.05) is 12.1 Å². The Labute approximate surface area is 199 Å². The molecule has 5 rings (SSSR count). The Morgan fingerprint density at radius 2 is 2.06 bits per heavy atom. The average molecular weight is 476 g/mol. The molecule has 0 bridgehead atoms. The maximum absolute atomic E-state index is 13.1. The van der Waals surface area contributed by atoms with Gasteiger partial charge in [-0.3, -0.25) is 14.9 Å². The number of hydrogen-bond donors (Lipinski definition) is 1. The molecule has 9 heteroatoms. The van der Waals surface area contributed by atoms with E-state index in [2.05, 4.69) is 10.3 Å². The van der Waals surface area contributed by atoms with Crippen LogP contribution >= 0.6 is 11.3 Å². The third kappa shape index (κ3) is 4.55. The van der Waals surface area contributed by atoms with Gasteiger partial charge >= 0.3 is 0 Å².